The molecule has 1 aliphatic rings. The molecule has 0 saturated carbocycles. The van der Waals surface area contributed by atoms with Crippen LogP contribution in [0.25, 0.3) is 65.3 Å². The molecule has 0 unspecified atom stereocenters. The summed E-state index contributed by atoms with van der Waals surface area (Å²) >= 11 is 0. The topological polar surface area (TPSA) is 0 Å². The zero-order valence-corrected chi connectivity index (χ0v) is 15.2. The van der Waals surface area contributed by atoms with Crippen LogP contribution in [0.4, 0.5) is 0 Å². The molecule has 0 aromatic heterocycles. The number of rotatable bonds is 0. The van der Waals surface area contributed by atoms with Crippen LogP contribution in [0.3, 0.4) is 0 Å². The molecule has 6 aromatic rings. The lowest BCUT2D eigenvalue weighted by molar-refractivity contribution is 1.75. The maximum atomic E-state index is 2.38. The van der Waals surface area contributed by atoms with E-state index >= 15 is 0 Å². The quantitative estimate of drug-likeness (QED) is 0.243. The van der Waals surface area contributed by atoms with Crippen molar-refractivity contribution in [3.05, 3.63) is 97.1 Å². The molecule has 128 valence electrons. The third-order valence-electron chi connectivity index (χ3n) is 6.28. The van der Waals surface area contributed by atoms with Gasteiger partial charge in [-0.05, 0) is 102 Å². The summed E-state index contributed by atoms with van der Waals surface area (Å²) in [6.07, 6.45) is 0. The molecule has 0 fully saturated rings. The summed E-state index contributed by atoms with van der Waals surface area (Å²) in [5.74, 6) is 0. The maximum absolute atomic E-state index is 2.38. The Morgan fingerprint density at radius 3 is 1.25 bits per heavy atom. The lowest BCUT2D eigenvalue weighted by Crippen LogP contribution is -1.82. The standard InChI is InChI=1S/C28H16/c1-2-6-19-12-21-14-23-16-27-25-10-4-8-17-7-3-9-24(28(17)25)26(27)15-22(23)13-20(21)11-18(19)5-1/h1-16H. The van der Waals surface area contributed by atoms with E-state index in [0.29, 0.717) is 0 Å². The SMILES string of the molecule is c1ccc2cc3cc4cc5c(cc4cc3cc2c1)-c1cccc2cccc-5c12. The summed E-state index contributed by atoms with van der Waals surface area (Å²) in [6.45, 7) is 0. The van der Waals surface area contributed by atoms with E-state index in [0.717, 1.165) is 0 Å². The van der Waals surface area contributed by atoms with Gasteiger partial charge in [-0.25, -0.2) is 0 Å². The lowest BCUT2D eigenvalue weighted by Gasteiger charge is -2.09. The van der Waals surface area contributed by atoms with Gasteiger partial charge in [0.2, 0.25) is 0 Å². The Morgan fingerprint density at radius 2 is 0.714 bits per heavy atom. The van der Waals surface area contributed by atoms with Gasteiger partial charge < -0.3 is 0 Å². The molecule has 0 aliphatic heterocycles. The average Bonchev–Trinajstić information content (AvgIpc) is 3.04. The lowest BCUT2D eigenvalue weighted by atomic mass is 9.95. The molecule has 0 saturated heterocycles. The molecule has 0 heterocycles. The Bertz CT molecular complexity index is 1490. The van der Waals surface area contributed by atoms with Crippen molar-refractivity contribution in [2.75, 3.05) is 0 Å². The van der Waals surface area contributed by atoms with E-state index in [1.165, 1.54) is 65.3 Å². The van der Waals surface area contributed by atoms with E-state index in [9.17, 15) is 0 Å². The first-order valence-corrected chi connectivity index (χ1v) is 9.78. The van der Waals surface area contributed by atoms with Crippen LogP contribution in [0.1, 0.15) is 0 Å². The summed E-state index contributed by atoms with van der Waals surface area (Å²) in [5, 5.41) is 10.6. The number of benzene rings is 6. The molecule has 0 spiro atoms. The molecule has 0 bridgehead atoms. The van der Waals surface area contributed by atoms with E-state index in [4.69, 9.17) is 0 Å². The largest absolute Gasteiger partial charge is 0.0616 e. The minimum atomic E-state index is 1.30. The highest BCUT2D eigenvalue weighted by molar-refractivity contribution is 6.18. The molecule has 1 aliphatic carbocycles. The van der Waals surface area contributed by atoms with Crippen molar-refractivity contribution >= 4 is 43.1 Å². The van der Waals surface area contributed by atoms with Crippen LogP contribution in [0.15, 0.2) is 97.1 Å². The highest BCUT2D eigenvalue weighted by atomic mass is 14.2. The summed E-state index contributed by atoms with van der Waals surface area (Å²) in [6, 6.07) is 36.0. The van der Waals surface area contributed by atoms with Crippen LogP contribution in [-0.2, 0) is 0 Å². The molecule has 28 heavy (non-hydrogen) atoms. The normalized spacial score (nSPS) is 12.3. The number of hydrogen-bond donors (Lipinski definition) is 0. The third-order valence-corrected chi connectivity index (χ3v) is 6.28. The molecular weight excluding hydrogens is 336 g/mol. The van der Waals surface area contributed by atoms with Crippen molar-refractivity contribution < 1.29 is 0 Å². The Balaban J connectivity index is 1.60. The number of hydrogen-bond acceptors (Lipinski definition) is 0. The molecule has 0 N–H and O–H groups in total. The zero-order chi connectivity index (χ0) is 18.2. The Labute approximate surface area is 162 Å². The van der Waals surface area contributed by atoms with Gasteiger partial charge in [0.05, 0.1) is 0 Å². The summed E-state index contributed by atoms with van der Waals surface area (Å²) < 4.78 is 0. The summed E-state index contributed by atoms with van der Waals surface area (Å²) in [4.78, 5) is 0. The molecule has 7 rings (SSSR count). The molecule has 0 nitrogen and oxygen atoms in total. The van der Waals surface area contributed by atoms with Gasteiger partial charge in [-0.1, -0.05) is 60.7 Å². The van der Waals surface area contributed by atoms with Crippen molar-refractivity contribution in [3.63, 3.8) is 0 Å². The van der Waals surface area contributed by atoms with Crippen LogP contribution in [0.5, 0.6) is 0 Å². The van der Waals surface area contributed by atoms with E-state index in [1.807, 2.05) is 0 Å². The monoisotopic (exact) mass is 352 g/mol. The Hall–Kier alpha value is -3.64. The van der Waals surface area contributed by atoms with Gasteiger partial charge in [0, 0.05) is 0 Å². The molecule has 0 atom stereocenters. The smallest absolute Gasteiger partial charge is 0.00264 e. The Morgan fingerprint density at radius 1 is 0.286 bits per heavy atom. The van der Waals surface area contributed by atoms with Crippen molar-refractivity contribution in [1.29, 1.82) is 0 Å². The first kappa shape index (κ1) is 14.4. The molecular formula is C28H16. The first-order valence-electron chi connectivity index (χ1n) is 9.78. The van der Waals surface area contributed by atoms with Crippen LogP contribution in [0, 0.1) is 0 Å². The van der Waals surface area contributed by atoms with Crippen LogP contribution in [0.2, 0.25) is 0 Å². The van der Waals surface area contributed by atoms with Crippen molar-refractivity contribution in [2.45, 2.75) is 0 Å². The first-order chi connectivity index (χ1) is 13.8. The predicted octanol–water partition coefficient (Wildman–Crippen LogP) is 7.95. The van der Waals surface area contributed by atoms with Gasteiger partial charge in [-0.3, -0.25) is 0 Å². The second-order valence-corrected chi connectivity index (χ2v) is 7.85. The molecule has 0 heteroatoms. The molecule has 6 aromatic carbocycles. The van der Waals surface area contributed by atoms with Crippen LogP contribution < -0.4 is 0 Å². The summed E-state index contributed by atoms with van der Waals surface area (Å²) in [5.41, 5.74) is 5.45. The van der Waals surface area contributed by atoms with Gasteiger partial charge in [-0.15, -0.1) is 0 Å². The Kier molecular flexibility index (Phi) is 2.57. The highest BCUT2D eigenvalue weighted by Gasteiger charge is 2.21. The van der Waals surface area contributed by atoms with Crippen LogP contribution >= 0.6 is 0 Å². The minimum Gasteiger partial charge on any atom is -0.0616 e. The minimum absolute atomic E-state index is 1.30. The highest BCUT2D eigenvalue weighted by Crippen LogP contribution is 2.48. The maximum Gasteiger partial charge on any atom is -0.00264 e. The fourth-order valence-electron chi connectivity index (χ4n) is 4.98. The molecule has 0 amide bonds. The fourth-order valence-corrected chi connectivity index (χ4v) is 4.98. The second-order valence-electron chi connectivity index (χ2n) is 7.85. The van der Waals surface area contributed by atoms with Gasteiger partial charge in [-0.2, -0.15) is 0 Å². The zero-order valence-electron chi connectivity index (χ0n) is 15.2. The third kappa shape index (κ3) is 1.80. The van der Waals surface area contributed by atoms with E-state index < -0.39 is 0 Å². The molecule has 0 radical (unpaired) electrons. The van der Waals surface area contributed by atoms with Crippen molar-refractivity contribution in [3.8, 4) is 22.3 Å². The van der Waals surface area contributed by atoms with E-state index in [-0.39, 0.29) is 0 Å². The van der Waals surface area contributed by atoms with E-state index in [1.54, 1.807) is 0 Å². The summed E-state index contributed by atoms with van der Waals surface area (Å²) in [7, 11) is 0. The number of fused-ring (bicyclic) bond motifs is 6. The van der Waals surface area contributed by atoms with Crippen molar-refractivity contribution in [1.82, 2.24) is 0 Å². The van der Waals surface area contributed by atoms with Gasteiger partial charge in [0.1, 0.15) is 0 Å². The predicted molar refractivity (Wildman–Crippen MR) is 121 cm³/mol. The van der Waals surface area contributed by atoms with Gasteiger partial charge in [0.25, 0.3) is 0 Å². The van der Waals surface area contributed by atoms with Crippen molar-refractivity contribution in [2.24, 2.45) is 0 Å². The second kappa shape index (κ2) is 4.99. The van der Waals surface area contributed by atoms with E-state index in [2.05, 4.69) is 97.1 Å². The van der Waals surface area contributed by atoms with Gasteiger partial charge in [0.15, 0.2) is 0 Å². The average molecular weight is 352 g/mol. The fraction of sp³-hybridized carbons (Fsp3) is 0. The van der Waals surface area contributed by atoms with Crippen LogP contribution in [-0.4, -0.2) is 0 Å². The van der Waals surface area contributed by atoms with Gasteiger partial charge >= 0.3 is 0 Å².